The highest BCUT2D eigenvalue weighted by molar-refractivity contribution is 7.93. The summed E-state index contributed by atoms with van der Waals surface area (Å²) in [6, 6.07) is 28.0. The van der Waals surface area contributed by atoms with E-state index in [0.29, 0.717) is 13.0 Å². The maximum absolute atomic E-state index is 15.2. The van der Waals surface area contributed by atoms with Crippen molar-refractivity contribution in [3.8, 4) is 0 Å². The first-order valence-electron chi connectivity index (χ1n) is 18.6. The van der Waals surface area contributed by atoms with Crippen LogP contribution in [0.25, 0.3) is 0 Å². The summed E-state index contributed by atoms with van der Waals surface area (Å²) >= 11 is 0. The van der Waals surface area contributed by atoms with Crippen LogP contribution in [-0.2, 0) is 32.9 Å². The number of benzene rings is 3. The summed E-state index contributed by atoms with van der Waals surface area (Å²) < 4.78 is 64.8. The molecule has 0 aliphatic carbocycles. The zero-order valence-electron chi connectivity index (χ0n) is 32.0. The van der Waals surface area contributed by atoms with Gasteiger partial charge in [0.05, 0.1) is 35.4 Å². The van der Waals surface area contributed by atoms with Gasteiger partial charge in [0.1, 0.15) is 5.60 Å². The van der Waals surface area contributed by atoms with Gasteiger partial charge < -0.3 is 23.1 Å². The minimum absolute atomic E-state index is 0.0389. The zero-order valence-corrected chi connectivity index (χ0v) is 34.8. The van der Waals surface area contributed by atoms with Gasteiger partial charge in [-0.25, -0.2) is 8.42 Å². The summed E-state index contributed by atoms with van der Waals surface area (Å²) in [5.74, 6) is 0. The van der Waals surface area contributed by atoms with Crippen molar-refractivity contribution in [1.82, 2.24) is 0 Å². The Morgan fingerprint density at radius 2 is 1.43 bits per heavy atom. The van der Waals surface area contributed by atoms with Crippen molar-refractivity contribution in [2.45, 2.75) is 138 Å². The average molecular weight is 751 g/mol. The quantitative estimate of drug-likeness (QED) is 0.148. The van der Waals surface area contributed by atoms with E-state index in [0.717, 1.165) is 35.2 Å². The molecule has 0 radical (unpaired) electrons. The van der Waals surface area contributed by atoms with Crippen molar-refractivity contribution in [2.75, 3.05) is 13.2 Å². The molecule has 0 amide bonds. The maximum Gasteiger partial charge on any atom is 0.261 e. The van der Waals surface area contributed by atoms with E-state index in [-0.39, 0.29) is 35.2 Å². The molecule has 3 saturated heterocycles. The Bertz CT molecular complexity index is 1720. The fourth-order valence-corrected chi connectivity index (χ4v) is 17.1. The molecule has 3 aliphatic heterocycles. The van der Waals surface area contributed by atoms with Gasteiger partial charge in [-0.05, 0) is 93.6 Å². The van der Waals surface area contributed by atoms with Gasteiger partial charge in [0, 0.05) is 13.0 Å². The highest BCUT2D eigenvalue weighted by atomic mass is 32.2. The molecular weight excluding hydrogens is 693 g/mol. The molecular formula is C41H58O7SSi2. The third-order valence-electron chi connectivity index (χ3n) is 11.2. The first-order chi connectivity index (χ1) is 23.9. The number of fused-ring (bicyclic) bond motifs is 1. The van der Waals surface area contributed by atoms with Gasteiger partial charge >= 0.3 is 0 Å². The predicted octanol–water partition coefficient (Wildman–Crippen LogP) is 7.56. The first-order valence-corrected chi connectivity index (χ1v) is 25.4. The van der Waals surface area contributed by atoms with E-state index in [1.807, 2.05) is 38.1 Å². The van der Waals surface area contributed by atoms with Crippen LogP contribution in [0.3, 0.4) is 0 Å². The number of epoxide rings is 1. The van der Waals surface area contributed by atoms with Crippen LogP contribution in [0.15, 0.2) is 89.8 Å². The molecule has 7 nitrogen and oxygen atoms in total. The number of rotatable bonds is 11. The molecule has 3 aromatic carbocycles. The van der Waals surface area contributed by atoms with Crippen molar-refractivity contribution in [3.63, 3.8) is 0 Å². The summed E-state index contributed by atoms with van der Waals surface area (Å²) in [6.45, 7) is 20.0. The molecule has 3 heterocycles. The van der Waals surface area contributed by atoms with Crippen LogP contribution in [0.1, 0.15) is 72.3 Å². The summed E-state index contributed by atoms with van der Waals surface area (Å²) in [6.07, 6.45) is 2.69. The number of hydrogen-bond acceptors (Lipinski definition) is 7. The van der Waals surface area contributed by atoms with Crippen molar-refractivity contribution in [2.24, 2.45) is 0 Å². The molecule has 0 bridgehead atoms. The smallest absolute Gasteiger partial charge is 0.261 e. The summed E-state index contributed by atoms with van der Waals surface area (Å²) in [4.78, 5) is -1.37. The Morgan fingerprint density at radius 1 is 0.843 bits per heavy atom. The lowest BCUT2D eigenvalue weighted by molar-refractivity contribution is -0.153. The Labute approximate surface area is 308 Å². The summed E-state index contributed by atoms with van der Waals surface area (Å²) in [5.41, 5.74) is -0.904. The summed E-state index contributed by atoms with van der Waals surface area (Å²) in [5, 5.41) is 1.97. The first kappa shape index (κ1) is 38.6. The largest absolute Gasteiger partial charge is 0.410 e. The van der Waals surface area contributed by atoms with Gasteiger partial charge in [-0.2, -0.15) is 0 Å². The lowest BCUT2D eigenvalue weighted by atomic mass is 9.88. The Balaban J connectivity index is 1.45. The molecule has 3 aromatic rings. The number of sulfone groups is 1. The van der Waals surface area contributed by atoms with E-state index in [2.05, 4.69) is 95.9 Å². The SMILES string of the molecule is Cc1ccc(S(=O)(=O)[C@@]2(C[C@H]3O[C@H]4CCCO[C@@H]4CC[C@]3(C)O[Si](C)(C)C)O[C@@]2(C)CO[Si](c2ccccc2)(c2ccccc2)C(C)(C)C)cc1. The highest BCUT2D eigenvalue weighted by Crippen LogP contribution is 2.59. The van der Waals surface area contributed by atoms with Crippen molar-refractivity contribution in [1.29, 1.82) is 0 Å². The fourth-order valence-electron chi connectivity index (χ4n) is 8.61. The predicted molar refractivity (Wildman–Crippen MR) is 208 cm³/mol. The van der Waals surface area contributed by atoms with Crippen LogP contribution in [0.2, 0.25) is 24.7 Å². The molecule has 6 rings (SSSR count). The number of hydrogen-bond donors (Lipinski definition) is 0. The topological polar surface area (TPSA) is 83.6 Å². The minimum Gasteiger partial charge on any atom is -0.410 e. The van der Waals surface area contributed by atoms with Gasteiger partial charge in [-0.1, -0.05) is 99.1 Å². The molecule has 0 saturated carbocycles. The Hall–Kier alpha value is -2.16. The molecule has 278 valence electrons. The lowest BCUT2D eigenvalue weighted by Crippen LogP contribution is -2.67. The van der Waals surface area contributed by atoms with E-state index in [1.165, 1.54) is 0 Å². The van der Waals surface area contributed by atoms with Crippen LogP contribution in [0, 0.1) is 6.92 Å². The van der Waals surface area contributed by atoms with Crippen molar-refractivity contribution in [3.05, 3.63) is 90.5 Å². The second kappa shape index (κ2) is 13.9. The van der Waals surface area contributed by atoms with Crippen LogP contribution in [-0.4, -0.2) is 72.7 Å². The maximum atomic E-state index is 15.2. The monoisotopic (exact) mass is 750 g/mol. The molecule has 0 aromatic heterocycles. The second-order valence-electron chi connectivity index (χ2n) is 17.3. The summed E-state index contributed by atoms with van der Waals surface area (Å²) in [7, 11) is -9.18. The molecule has 3 fully saturated rings. The molecule has 10 heteroatoms. The van der Waals surface area contributed by atoms with Crippen LogP contribution >= 0.6 is 0 Å². The Morgan fingerprint density at radius 3 is 1.98 bits per heavy atom. The minimum atomic E-state index is -4.06. The Kier molecular flexibility index (Phi) is 10.5. The average Bonchev–Trinajstić information content (AvgIpc) is 3.72. The molecule has 3 aliphatic rings. The van der Waals surface area contributed by atoms with E-state index in [9.17, 15) is 0 Å². The second-order valence-corrected chi connectivity index (χ2v) is 28.2. The standard InChI is InChI=1S/C41H58O7SSi2/c1-31-22-24-32(25-23-31)49(42,43)41(29-37-39(5,48-50(7,8)9)27-26-35-36(46-37)21-16-28-44-35)40(6,47-41)30-45-51(38(2,3)4,33-17-12-10-13-18-33)34-19-14-11-15-20-34/h10-15,17-20,22-25,35-37H,16,21,26-30H2,1-9H3/t35-,36+,37-,39+,40+,41-/m1/s1. The number of aryl methyl sites for hydroxylation is 1. The van der Waals surface area contributed by atoms with E-state index < -0.39 is 48.7 Å². The van der Waals surface area contributed by atoms with E-state index >= 15 is 8.42 Å². The molecule has 0 spiro atoms. The van der Waals surface area contributed by atoms with Crippen molar-refractivity contribution >= 4 is 36.8 Å². The van der Waals surface area contributed by atoms with Crippen LogP contribution in [0.4, 0.5) is 0 Å². The van der Waals surface area contributed by atoms with Gasteiger partial charge in [-0.3, -0.25) is 0 Å². The molecule has 0 N–H and O–H groups in total. The van der Waals surface area contributed by atoms with Crippen molar-refractivity contribution < 1.29 is 31.5 Å². The van der Waals surface area contributed by atoms with Gasteiger partial charge in [0.25, 0.3) is 8.32 Å². The van der Waals surface area contributed by atoms with Crippen LogP contribution in [0.5, 0.6) is 0 Å². The zero-order chi connectivity index (χ0) is 36.9. The lowest BCUT2D eigenvalue weighted by Gasteiger charge is -2.44. The van der Waals surface area contributed by atoms with E-state index in [1.54, 1.807) is 12.1 Å². The number of ether oxygens (including phenoxy) is 3. The fraction of sp³-hybridized carbons (Fsp3) is 0.561. The molecule has 0 unspecified atom stereocenters. The third kappa shape index (κ3) is 7.24. The van der Waals surface area contributed by atoms with Gasteiger partial charge in [-0.15, -0.1) is 0 Å². The van der Waals surface area contributed by atoms with E-state index in [4.69, 9.17) is 23.1 Å². The van der Waals surface area contributed by atoms with Crippen LogP contribution < -0.4 is 10.4 Å². The molecule has 51 heavy (non-hydrogen) atoms. The van der Waals surface area contributed by atoms with Gasteiger partial charge in [0.15, 0.2) is 8.32 Å². The molecule has 6 atom stereocenters. The van der Waals surface area contributed by atoms with Gasteiger partial charge in [0.2, 0.25) is 14.8 Å². The third-order valence-corrected chi connectivity index (χ3v) is 19.7. The highest BCUT2D eigenvalue weighted by Gasteiger charge is 2.77. The normalized spacial score (nSPS) is 30.3.